The third-order valence-corrected chi connectivity index (χ3v) is 2.45. The predicted molar refractivity (Wildman–Crippen MR) is 48.8 cm³/mol. The van der Waals surface area contributed by atoms with Gasteiger partial charge in [-0.2, -0.15) is 0 Å². The molecule has 0 radical (unpaired) electrons. The van der Waals surface area contributed by atoms with Gasteiger partial charge in [-0.15, -0.1) is 34.0 Å². The van der Waals surface area contributed by atoms with Crippen molar-refractivity contribution in [3.8, 4) is 0 Å². The van der Waals surface area contributed by atoms with E-state index in [0.29, 0.717) is 0 Å². The Labute approximate surface area is 75.5 Å². The van der Waals surface area contributed by atoms with Crippen molar-refractivity contribution < 1.29 is 0 Å². The maximum atomic E-state index is 2.24. The van der Waals surface area contributed by atoms with Crippen LogP contribution in [0.1, 0.15) is 13.8 Å². The van der Waals surface area contributed by atoms with Crippen LogP contribution in [0.15, 0.2) is 0 Å². The molecule has 1 atom stereocenters. The van der Waals surface area contributed by atoms with Crippen molar-refractivity contribution in [3.63, 3.8) is 0 Å². The molecule has 1 unspecified atom stereocenters. The molecule has 0 nitrogen and oxygen atoms in total. The minimum atomic E-state index is 0. The van der Waals surface area contributed by atoms with Crippen LogP contribution in [-0.2, 0) is 0 Å². The van der Waals surface area contributed by atoms with Crippen molar-refractivity contribution in [2.75, 3.05) is 0 Å². The van der Waals surface area contributed by atoms with Crippen LogP contribution >= 0.6 is 34.0 Å². The Kier molecular flexibility index (Phi) is 23.7. The van der Waals surface area contributed by atoms with Crippen molar-refractivity contribution in [1.29, 1.82) is 0 Å². The topological polar surface area (TPSA) is 0 Å². The van der Waals surface area contributed by atoms with E-state index in [1.807, 2.05) is 16.9 Å². The summed E-state index contributed by atoms with van der Waals surface area (Å²) < 4.78 is 0. The SMILES string of the molecule is Br.Br.CC(C)C[AsH2]. The third kappa shape index (κ3) is 18.5. The normalized spacial score (nSPS) is 6.86. The fraction of sp³-hybridized carbons (Fsp3) is 1.00. The van der Waals surface area contributed by atoms with Crippen LogP contribution in [0.2, 0.25) is 5.21 Å². The van der Waals surface area contributed by atoms with Crippen molar-refractivity contribution in [1.82, 2.24) is 0 Å². The van der Waals surface area contributed by atoms with Crippen LogP contribution in [0, 0.1) is 5.92 Å². The standard InChI is InChI=1S/C4H11As.2BrH/c1-4(2)3-5;;/h4H,3,5H2,1-2H3;2*1H. The molecule has 0 saturated carbocycles. The quantitative estimate of drug-likeness (QED) is 0.648. The summed E-state index contributed by atoms with van der Waals surface area (Å²) in [7, 11) is 0. The minimum absolute atomic E-state index is 0. The summed E-state index contributed by atoms with van der Waals surface area (Å²) in [6, 6.07) is 0. The summed E-state index contributed by atoms with van der Waals surface area (Å²) in [5, 5.41) is 1.37. The van der Waals surface area contributed by atoms with E-state index in [1.165, 1.54) is 5.21 Å². The third-order valence-electron chi connectivity index (χ3n) is 0.471. The average molecular weight is 296 g/mol. The van der Waals surface area contributed by atoms with Gasteiger partial charge >= 0.3 is 41.8 Å². The molecule has 0 aliphatic carbocycles. The molecule has 0 aliphatic heterocycles. The van der Waals surface area contributed by atoms with E-state index in [-0.39, 0.29) is 34.0 Å². The van der Waals surface area contributed by atoms with E-state index < -0.39 is 0 Å². The molecule has 0 fully saturated rings. The van der Waals surface area contributed by atoms with Crippen LogP contribution < -0.4 is 0 Å². The van der Waals surface area contributed by atoms with Gasteiger partial charge in [-0.1, -0.05) is 0 Å². The zero-order valence-electron chi connectivity index (χ0n) is 4.68. The van der Waals surface area contributed by atoms with Gasteiger partial charge in [0.05, 0.1) is 0 Å². The van der Waals surface area contributed by atoms with Gasteiger partial charge in [0.15, 0.2) is 0 Å². The number of halogens is 2. The summed E-state index contributed by atoms with van der Waals surface area (Å²) in [5.41, 5.74) is 0. The molecule has 0 bridgehead atoms. The van der Waals surface area contributed by atoms with E-state index in [0.717, 1.165) is 5.92 Å². The number of rotatable bonds is 1. The fourth-order valence-corrected chi connectivity index (χ4v) is 0. The zero-order valence-corrected chi connectivity index (χ0v) is 10.5. The van der Waals surface area contributed by atoms with Crippen LogP contribution in [-0.4, -0.2) is 16.9 Å². The molecular weight excluding hydrogens is 283 g/mol. The van der Waals surface area contributed by atoms with Crippen molar-refractivity contribution in [2.45, 2.75) is 19.1 Å². The molecule has 0 aromatic heterocycles. The van der Waals surface area contributed by atoms with Crippen LogP contribution in [0.4, 0.5) is 0 Å². The van der Waals surface area contributed by atoms with Crippen molar-refractivity contribution in [3.05, 3.63) is 0 Å². The molecule has 0 aromatic rings. The Bertz CT molecular complexity index is 23.7. The van der Waals surface area contributed by atoms with Crippen molar-refractivity contribution in [2.24, 2.45) is 5.92 Å². The summed E-state index contributed by atoms with van der Waals surface area (Å²) in [4.78, 5) is 0. The van der Waals surface area contributed by atoms with Gasteiger partial charge in [-0.25, -0.2) is 0 Å². The van der Waals surface area contributed by atoms with Gasteiger partial charge in [0.25, 0.3) is 0 Å². The second-order valence-electron chi connectivity index (χ2n) is 1.63. The van der Waals surface area contributed by atoms with E-state index >= 15 is 0 Å². The zero-order chi connectivity index (χ0) is 4.28. The van der Waals surface area contributed by atoms with Gasteiger partial charge in [0, 0.05) is 0 Å². The van der Waals surface area contributed by atoms with E-state index in [1.54, 1.807) is 0 Å². The predicted octanol–water partition coefficient (Wildman–Crippen LogP) is 1.85. The Morgan fingerprint density at radius 1 is 1.29 bits per heavy atom. The molecular formula is C4H13AsBr2. The number of hydrogen-bond donors (Lipinski definition) is 0. The first-order valence-corrected chi connectivity index (χ1v) is 3.68. The second kappa shape index (κ2) is 10.5. The molecule has 0 rings (SSSR count). The molecule has 0 amide bonds. The molecule has 0 N–H and O–H groups in total. The van der Waals surface area contributed by atoms with E-state index in [4.69, 9.17) is 0 Å². The van der Waals surface area contributed by atoms with Gasteiger partial charge in [-0.05, 0) is 0 Å². The molecule has 3 heteroatoms. The van der Waals surface area contributed by atoms with Crippen LogP contribution in [0.5, 0.6) is 0 Å². The van der Waals surface area contributed by atoms with Crippen LogP contribution in [0.3, 0.4) is 0 Å². The van der Waals surface area contributed by atoms with Gasteiger partial charge < -0.3 is 0 Å². The van der Waals surface area contributed by atoms with E-state index in [2.05, 4.69) is 13.8 Å². The summed E-state index contributed by atoms with van der Waals surface area (Å²) in [6.07, 6.45) is 0. The molecule has 0 heterocycles. The van der Waals surface area contributed by atoms with Crippen LogP contribution in [0.25, 0.3) is 0 Å². The van der Waals surface area contributed by atoms with Gasteiger partial charge in [-0.3, -0.25) is 0 Å². The summed E-state index contributed by atoms with van der Waals surface area (Å²) >= 11 is 1.83. The van der Waals surface area contributed by atoms with Gasteiger partial charge in [0.1, 0.15) is 0 Å². The fourth-order valence-electron chi connectivity index (χ4n) is 0. The molecule has 0 saturated heterocycles. The Morgan fingerprint density at radius 3 is 1.43 bits per heavy atom. The monoisotopic (exact) mass is 294 g/mol. The van der Waals surface area contributed by atoms with Crippen molar-refractivity contribution >= 4 is 50.8 Å². The first-order valence-electron chi connectivity index (χ1n) is 1.97. The Balaban J connectivity index is -0.0000000800. The average Bonchev–Trinajstić information content (AvgIpc) is 1.38. The number of hydrogen-bond acceptors (Lipinski definition) is 0. The summed E-state index contributed by atoms with van der Waals surface area (Å²) in [5.74, 6) is 0.912. The Morgan fingerprint density at radius 2 is 1.43 bits per heavy atom. The molecule has 0 spiro atoms. The van der Waals surface area contributed by atoms with E-state index in [9.17, 15) is 0 Å². The van der Waals surface area contributed by atoms with Gasteiger partial charge in [0.2, 0.25) is 0 Å². The molecule has 0 aromatic carbocycles. The first-order chi connectivity index (χ1) is 2.27. The Hall–Kier alpha value is 1.52. The maximum absolute atomic E-state index is 2.24. The second-order valence-corrected chi connectivity index (χ2v) is 2.62. The first kappa shape index (κ1) is 15.8. The molecule has 7 heavy (non-hydrogen) atoms. The molecule has 0 aliphatic rings. The summed E-state index contributed by atoms with van der Waals surface area (Å²) in [6.45, 7) is 4.48. The molecule has 48 valence electrons.